The summed E-state index contributed by atoms with van der Waals surface area (Å²) in [7, 11) is -3.62. The third kappa shape index (κ3) is 3.57. The summed E-state index contributed by atoms with van der Waals surface area (Å²) < 4.78 is 25.6. The van der Waals surface area contributed by atoms with Gasteiger partial charge in [0.1, 0.15) is 0 Å². The summed E-state index contributed by atoms with van der Waals surface area (Å²) in [6.07, 6.45) is 0. The van der Waals surface area contributed by atoms with Gasteiger partial charge in [-0.15, -0.1) is 0 Å². The highest BCUT2D eigenvalue weighted by molar-refractivity contribution is 7.89. The van der Waals surface area contributed by atoms with Gasteiger partial charge in [0.2, 0.25) is 10.0 Å². The van der Waals surface area contributed by atoms with Crippen molar-refractivity contribution in [2.75, 3.05) is 13.2 Å². The van der Waals surface area contributed by atoms with E-state index >= 15 is 0 Å². The number of hydrogen-bond donors (Lipinski definition) is 3. The van der Waals surface area contributed by atoms with Gasteiger partial charge in [0.15, 0.2) is 0 Å². The van der Waals surface area contributed by atoms with Crippen molar-refractivity contribution in [2.45, 2.75) is 17.4 Å². The average molecular weight is 245 g/mol. The third-order valence-corrected chi connectivity index (χ3v) is 3.45. The number of aliphatic hydroxyl groups excluding tert-OH is 1. The van der Waals surface area contributed by atoms with Crippen LogP contribution in [0.25, 0.3) is 0 Å². The van der Waals surface area contributed by atoms with E-state index in [1.807, 2.05) is 0 Å². The quantitative estimate of drug-likeness (QED) is 0.665. The summed E-state index contributed by atoms with van der Waals surface area (Å²) in [4.78, 5) is 0.128. The molecule has 6 heteroatoms. The van der Waals surface area contributed by atoms with Crippen LogP contribution < -0.4 is 4.72 Å². The summed E-state index contributed by atoms with van der Waals surface area (Å²) in [5.74, 6) is 0. The van der Waals surface area contributed by atoms with Crippen LogP contribution in [0.3, 0.4) is 0 Å². The molecule has 0 radical (unpaired) electrons. The van der Waals surface area contributed by atoms with Gasteiger partial charge in [-0.2, -0.15) is 0 Å². The Hall–Kier alpha value is -0.950. The van der Waals surface area contributed by atoms with E-state index in [1.54, 1.807) is 18.2 Å². The van der Waals surface area contributed by atoms with Gasteiger partial charge in [-0.3, -0.25) is 0 Å². The summed E-state index contributed by atoms with van der Waals surface area (Å²) in [5.41, 5.74) is -1.46. The fraction of sp³-hybridized carbons (Fsp3) is 0.400. The van der Waals surface area contributed by atoms with Gasteiger partial charge < -0.3 is 10.2 Å². The number of benzene rings is 1. The molecule has 90 valence electrons. The van der Waals surface area contributed by atoms with Crippen molar-refractivity contribution in [3.8, 4) is 0 Å². The molecule has 0 aromatic heterocycles. The Morgan fingerprint density at radius 2 is 1.88 bits per heavy atom. The normalized spacial score (nSPS) is 15.7. The molecule has 0 spiro atoms. The minimum Gasteiger partial charge on any atom is -0.393 e. The standard InChI is InChI=1S/C10H15NO4S/c1-10(13,8-12)7-11-16(14,15)9-5-3-2-4-6-9/h2-6,11-13H,7-8H2,1H3. The van der Waals surface area contributed by atoms with Crippen LogP contribution >= 0.6 is 0 Å². The molecule has 1 aromatic rings. The Morgan fingerprint density at radius 1 is 1.31 bits per heavy atom. The number of rotatable bonds is 5. The molecule has 0 saturated carbocycles. The van der Waals surface area contributed by atoms with Crippen molar-refractivity contribution in [1.29, 1.82) is 0 Å². The maximum atomic E-state index is 11.7. The van der Waals surface area contributed by atoms with Crippen molar-refractivity contribution in [3.05, 3.63) is 30.3 Å². The fourth-order valence-electron chi connectivity index (χ4n) is 0.989. The van der Waals surface area contributed by atoms with Crippen LogP contribution in [0, 0.1) is 0 Å². The zero-order valence-electron chi connectivity index (χ0n) is 8.92. The molecule has 1 unspecified atom stereocenters. The van der Waals surface area contributed by atoms with Crippen molar-refractivity contribution in [3.63, 3.8) is 0 Å². The second-order valence-electron chi connectivity index (χ2n) is 3.79. The van der Waals surface area contributed by atoms with Gasteiger partial charge in [-0.25, -0.2) is 13.1 Å². The predicted molar refractivity (Wildman–Crippen MR) is 59.3 cm³/mol. The Bertz CT molecular complexity index is 427. The molecule has 0 saturated heterocycles. The first kappa shape index (κ1) is 13.1. The molecular weight excluding hydrogens is 230 g/mol. The lowest BCUT2D eigenvalue weighted by molar-refractivity contribution is 0.00681. The highest BCUT2D eigenvalue weighted by Crippen LogP contribution is 2.08. The van der Waals surface area contributed by atoms with Crippen LogP contribution in [0.1, 0.15) is 6.92 Å². The Kier molecular flexibility index (Phi) is 4.03. The van der Waals surface area contributed by atoms with Gasteiger partial charge in [0.25, 0.3) is 0 Å². The summed E-state index contributed by atoms with van der Waals surface area (Å²) >= 11 is 0. The summed E-state index contributed by atoms with van der Waals surface area (Å²) in [6.45, 7) is 0.603. The lowest BCUT2D eigenvalue weighted by atomic mass is 10.1. The molecule has 1 rings (SSSR count). The molecule has 1 aromatic carbocycles. The molecule has 0 heterocycles. The van der Waals surface area contributed by atoms with E-state index in [9.17, 15) is 13.5 Å². The average Bonchev–Trinajstić information content (AvgIpc) is 2.28. The third-order valence-electron chi connectivity index (χ3n) is 2.04. The van der Waals surface area contributed by atoms with Crippen LogP contribution in [-0.2, 0) is 10.0 Å². The topological polar surface area (TPSA) is 86.6 Å². The molecule has 16 heavy (non-hydrogen) atoms. The second-order valence-corrected chi connectivity index (χ2v) is 5.56. The van der Waals surface area contributed by atoms with Crippen molar-refractivity contribution in [1.82, 2.24) is 4.72 Å². The summed E-state index contributed by atoms with van der Waals surface area (Å²) in [5, 5.41) is 18.2. The largest absolute Gasteiger partial charge is 0.393 e. The van der Waals surface area contributed by atoms with Gasteiger partial charge in [0.05, 0.1) is 17.1 Å². The highest BCUT2D eigenvalue weighted by Gasteiger charge is 2.22. The smallest absolute Gasteiger partial charge is 0.240 e. The molecule has 0 bridgehead atoms. The lowest BCUT2D eigenvalue weighted by Gasteiger charge is -2.20. The van der Waals surface area contributed by atoms with E-state index in [0.717, 1.165) is 0 Å². The second kappa shape index (κ2) is 4.92. The van der Waals surface area contributed by atoms with E-state index in [2.05, 4.69) is 4.72 Å². The van der Waals surface area contributed by atoms with E-state index in [0.29, 0.717) is 0 Å². The van der Waals surface area contributed by atoms with Crippen LogP contribution in [0.5, 0.6) is 0 Å². The first-order valence-electron chi connectivity index (χ1n) is 4.75. The maximum absolute atomic E-state index is 11.7. The van der Waals surface area contributed by atoms with Gasteiger partial charge in [-0.1, -0.05) is 18.2 Å². The van der Waals surface area contributed by atoms with Crippen LogP contribution in [0.15, 0.2) is 35.2 Å². The Balaban J connectivity index is 2.75. The minimum atomic E-state index is -3.62. The van der Waals surface area contributed by atoms with E-state index in [-0.39, 0.29) is 11.4 Å². The number of sulfonamides is 1. The molecule has 3 N–H and O–H groups in total. The molecule has 0 aliphatic heterocycles. The zero-order chi connectivity index (χ0) is 12.2. The summed E-state index contributed by atoms with van der Waals surface area (Å²) in [6, 6.07) is 7.84. The van der Waals surface area contributed by atoms with Crippen molar-refractivity contribution in [2.24, 2.45) is 0 Å². The van der Waals surface area contributed by atoms with Crippen molar-refractivity contribution >= 4 is 10.0 Å². The van der Waals surface area contributed by atoms with Gasteiger partial charge in [-0.05, 0) is 19.1 Å². The van der Waals surface area contributed by atoms with Crippen molar-refractivity contribution < 1.29 is 18.6 Å². The first-order valence-corrected chi connectivity index (χ1v) is 6.24. The molecule has 1 atom stereocenters. The minimum absolute atomic E-state index is 0.128. The Labute approximate surface area is 94.8 Å². The fourth-order valence-corrected chi connectivity index (χ4v) is 2.17. The molecule has 5 nitrogen and oxygen atoms in total. The Morgan fingerprint density at radius 3 is 2.38 bits per heavy atom. The van der Waals surface area contributed by atoms with E-state index in [1.165, 1.54) is 19.1 Å². The molecule has 0 aliphatic carbocycles. The van der Waals surface area contributed by atoms with E-state index < -0.39 is 22.2 Å². The number of hydrogen-bond acceptors (Lipinski definition) is 4. The molecule has 0 fully saturated rings. The molecule has 0 aliphatic rings. The monoisotopic (exact) mass is 245 g/mol. The SMILES string of the molecule is CC(O)(CO)CNS(=O)(=O)c1ccccc1. The zero-order valence-corrected chi connectivity index (χ0v) is 9.74. The number of aliphatic hydroxyl groups is 2. The van der Waals surface area contributed by atoms with Crippen LogP contribution in [-0.4, -0.2) is 37.4 Å². The molecule has 0 amide bonds. The lowest BCUT2D eigenvalue weighted by Crippen LogP contribution is -2.43. The van der Waals surface area contributed by atoms with Gasteiger partial charge >= 0.3 is 0 Å². The van der Waals surface area contributed by atoms with Crippen LogP contribution in [0.4, 0.5) is 0 Å². The molecular formula is C10H15NO4S. The van der Waals surface area contributed by atoms with E-state index in [4.69, 9.17) is 5.11 Å². The predicted octanol–water partition coefficient (Wildman–Crippen LogP) is -0.292. The van der Waals surface area contributed by atoms with Crippen LogP contribution in [0.2, 0.25) is 0 Å². The highest BCUT2D eigenvalue weighted by atomic mass is 32.2. The van der Waals surface area contributed by atoms with Gasteiger partial charge in [0, 0.05) is 6.54 Å². The number of nitrogens with one attached hydrogen (secondary N) is 1. The first-order chi connectivity index (χ1) is 7.37. The maximum Gasteiger partial charge on any atom is 0.240 e.